The van der Waals surface area contributed by atoms with Crippen molar-refractivity contribution in [1.29, 1.82) is 0 Å². The number of hydrogen-bond acceptors (Lipinski definition) is 3. The number of hydrogen-bond donors (Lipinski definition) is 0. The van der Waals surface area contributed by atoms with Crippen molar-refractivity contribution in [2.45, 2.75) is 64.3 Å². The van der Waals surface area contributed by atoms with Gasteiger partial charge in [-0.05, 0) is 44.3 Å². The lowest BCUT2D eigenvalue weighted by Gasteiger charge is -2.56. The third-order valence-electron chi connectivity index (χ3n) is 6.26. The van der Waals surface area contributed by atoms with Crippen LogP contribution in [0.1, 0.15) is 46.5 Å². The Morgan fingerprint density at radius 3 is 2.95 bits per heavy atom. The average Bonchev–Trinajstić information content (AvgIpc) is 2.87. The molecule has 3 nitrogen and oxygen atoms in total. The van der Waals surface area contributed by atoms with Gasteiger partial charge in [-0.15, -0.1) is 0 Å². The van der Waals surface area contributed by atoms with E-state index in [9.17, 15) is 4.79 Å². The lowest BCUT2D eigenvalue weighted by Crippen LogP contribution is -2.63. The summed E-state index contributed by atoms with van der Waals surface area (Å²) in [6.07, 6.45) is 6.90. The zero-order valence-corrected chi connectivity index (χ0v) is 12.8. The molecule has 1 saturated carbocycles. The molecule has 5 atom stereocenters. The van der Waals surface area contributed by atoms with E-state index in [4.69, 9.17) is 4.74 Å². The van der Waals surface area contributed by atoms with E-state index in [1.165, 1.54) is 24.8 Å². The number of nitrogens with zero attached hydrogens (tertiary/aromatic N) is 1. The van der Waals surface area contributed by atoms with Crippen LogP contribution in [-0.4, -0.2) is 35.1 Å². The van der Waals surface area contributed by atoms with Crippen molar-refractivity contribution in [3.8, 4) is 0 Å². The number of ether oxygens (including phenoxy) is 1. The third kappa shape index (κ3) is 1.69. The number of ketones is 1. The zero-order valence-electron chi connectivity index (χ0n) is 12.8. The highest BCUT2D eigenvalue weighted by atomic mass is 16.5. The van der Waals surface area contributed by atoms with Gasteiger partial charge in [0.05, 0.1) is 6.10 Å². The molecule has 110 valence electrons. The smallest absolute Gasteiger partial charge is 0.156 e. The summed E-state index contributed by atoms with van der Waals surface area (Å²) in [4.78, 5) is 14.2. The minimum atomic E-state index is 0.147. The van der Waals surface area contributed by atoms with Crippen LogP contribution in [0.4, 0.5) is 0 Å². The van der Waals surface area contributed by atoms with Crippen LogP contribution < -0.4 is 0 Å². The van der Waals surface area contributed by atoms with Gasteiger partial charge in [-0.2, -0.15) is 0 Å². The Morgan fingerprint density at radius 1 is 1.35 bits per heavy atom. The third-order valence-corrected chi connectivity index (χ3v) is 6.26. The first-order valence-corrected chi connectivity index (χ1v) is 8.12. The fraction of sp³-hybridized carbons (Fsp3) is 0.824. The number of carbonyl (C=O) groups excluding carboxylic acids is 1. The minimum absolute atomic E-state index is 0.147. The first-order valence-electron chi connectivity index (χ1n) is 8.12. The van der Waals surface area contributed by atoms with E-state index in [-0.39, 0.29) is 11.8 Å². The fourth-order valence-electron chi connectivity index (χ4n) is 5.05. The highest BCUT2D eigenvalue weighted by Crippen LogP contribution is 2.51. The lowest BCUT2D eigenvalue weighted by molar-refractivity contribution is -0.228. The minimum Gasteiger partial charge on any atom is -0.359 e. The molecule has 0 aromatic heterocycles. The van der Waals surface area contributed by atoms with Crippen LogP contribution in [0, 0.1) is 17.8 Å². The molecule has 0 radical (unpaired) electrons. The summed E-state index contributed by atoms with van der Waals surface area (Å²) in [6, 6.07) is 0. The molecule has 0 aromatic carbocycles. The molecule has 0 bridgehead atoms. The molecule has 0 unspecified atom stereocenters. The Bertz CT molecular complexity index is 481. The van der Waals surface area contributed by atoms with Crippen molar-refractivity contribution in [3.63, 3.8) is 0 Å². The maximum Gasteiger partial charge on any atom is 0.156 e. The Labute approximate surface area is 121 Å². The van der Waals surface area contributed by atoms with Crippen LogP contribution in [0.3, 0.4) is 0 Å². The van der Waals surface area contributed by atoms with Gasteiger partial charge in [0, 0.05) is 30.3 Å². The molecule has 3 heteroatoms. The summed E-state index contributed by atoms with van der Waals surface area (Å²) < 4.78 is 6.52. The van der Waals surface area contributed by atoms with Gasteiger partial charge in [-0.25, -0.2) is 0 Å². The van der Waals surface area contributed by atoms with Gasteiger partial charge in [-0.3, -0.25) is 9.69 Å². The van der Waals surface area contributed by atoms with Gasteiger partial charge in [-0.1, -0.05) is 13.3 Å². The molecule has 0 N–H and O–H groups in total. The molecule has 4 rings (SSSR count). The second-order valence-electron chi connectivity index (χ2n) is 7.87. The Hall–Kier alpha value is -0.670. The van der Waals surface area contributed by atoms with E-state index >= 15 is 0 Å². The topological polar surface area (TPSA) is 29.5 Å². The molecule has 2 aliphatic heterocycles. The van der Waals surface area contributed by atoms with Gasteiger partial charge in [0.1, 0.15) is 6.23 Å². The molecule has 2 heterocycles. The highest BCUT2D eigenvalue weighted by molar-refractivity contribution is 5.94. The summed E-state index contributed by atoms with van der Waals surface area (Å²) in [5, 5.41) is 0. The van der Waals surface area contributed by atoms with Crippen molar-refractivity contribution in [2.24, 2.45) is 17.8 Å². The molecule has 0 spiro atoms. The van der Waals surface area contributed by atoms with Crippen molar-refractivity contribution in [2.75, 3.05) is 6.54 Å². The van der Waals surface area contributed by atoms with Crippen LogP contribution in [0.15, 0.2) is 11.6 Å². The largest absolute Gasteiger partial charge is 0.359 e. The van der Waals surface area contributed by atoms with E-state index < -0.39 is 0 Å². The maximum absolute atomic E-state index is 11.7. The highest BCUT2D eigenvalue weighted by Gasteiger charge is 2.56. The summed E-state index contributed by atoms with van der Waals surface area (Å²) in [5.74, 6) is 2.05. The van der Waals surface area contributed by atoms with Gasteiger partial charge < -0.3 is 4.74 Å². The van der Waals surface area contributed by atoms with Gasteiger partial charge >= 0.3 is 0 Å². The molecular formula is C17H25NO2. The quantitative estimate of drug-likeness (QED) is 0.681. The monoisotopic (exact) mass is 275 g/mol. The van der Waals surface area contributed by atoms with E-state index in [2.05, 4.69) is 25.7 Å². The van der Waals surface area contributed by atoms with Crippen molar-refractivity contribution < 1.29 is 9.53 Å². The van der Waals surface area contributed by atoms with Crippen LogP contribution in [0.2, 0.25) is 0 Å². The average molecular weight is 275 g/mol. The molecule has 20 heavy (non-hydrogen) atoms. The van der Waals surface area contributed by atoms with Crippen LogP contribution in [-0.2, 0) is 9.53 Å². The first-order chi connectivity index (χ1) is 9.46. The van der Waals surface area contributed by atoms with Gasteiger partial charge in [0.15, 0.2) is 5.78 Å². The molecule has 2 saturated heterocycles. The Balaban J connectivity index is 1.67. The van der Waals surface area contributed by atoms with E-state index in [1.807, 2.05) is 6.08 Å². The first kappa shape index (κ1) is 13.0. The predicted molar refractivity (Wildman–Crippen MR) is 77.1 cm³/mol. The normalized spacial score (nSPS) is 46.6. The fourth-order valence-corrected chi connectivity index (χ4v) is 5.05. The number of rotatable bonds is 0. The summed E-state index contributed by atoms with van der Waals surface area (Å²) in [6.45, 7) is 8.06. The SMILES string of the molecule is C[C@@H]1CC[C@@H]2[C@@H](C1)O[C@H]1[C@@H]3CC(=O)C=C3CN1C2(C)C. The second-order valence-corrected chi connectivity index (χ2v) is 7.87. The summed E-state index contributed by atoms with van der Waals surface area (Å²) >= 11 is 0. The summed E-state index contributed by atoms with van der Waals surface area (Å²) in [7, 11) is 0. The Kier molecular flexibility index (Phi) is 2.72. The van der Waals surface area contributed by atoms with Gasteiger partial charge in [0.25, 0.3) is 0 Å². The van der Waals surface area contributed by atoms with E-state index in [1.54, 1.807) is 0 Å². The van der Waals surface area contributed by atoms with E-state index in [0.29, 0.717) is 30.1 Å². The van der Waals surface area contributed by atoms with Crippen molar-refractivity contribution in [3.05, 3.63) is 11.6 Å². The zero-order chi connectivity index (χ0) is 14.1. The standard InChI is InChI=1S/C17H25NO2/c1-10-4-5-14-15(6-10)20-16-13-8-12(19)7-11(13)9-18(16)17(14,2)3/h7,10,13-16H,4-6,8-9H2,1-3H3/t10-,13-,14-,15-,16+/m1/s1. The van der Waals surface area contributed by atoms with Crippen molar-refractivity contribution in [1.82, 2.24) is 4.90 Å². The molecule has 2 aliphatic carbocycles. The second kappa shape index (κ2) is 4.17. The Morgan fingerprint density at radius 2 is 2.15 bits per heavy atom. The molecular weight excluding hydrogens is 250 g/mol. The number of carbonyl (C=O) groups is 1. The van der Waals surface area contributed by atoms with Crippen molar-refractivity contribution >= 4 is 5.78 Å². The van der Waals surface area contributed by atoms with E-state index in [0.717, 1.165) is 12.5 Å². The maximum atomic E-state index is 11.7. The molecule has 3 fully saturated rings. The van der Waals surface area contributed by atoms with Gasteiger partial charge in [0.2, 0.25) is 0 Å². The van der Waals surface area contributed by atoms with Crippen LogP contribution in [0.25, 0.3) is 0 Å². The molecule has 0 aromatic rings. The number of fused-ring (bicyclic) bond motifs is 4. The predicted octanol–water partition coefficient (Wildman–Crippen LogP) is 2.76. The molecule has 0 amide bonds. The number of allylic oxidation sites excluding steroid dienone is 1. The van der Waals surface area contributed by atoms with Crippen LogP contribution in [0.5, 0.6) is 0 Å². The summed E-state index contributed by atoms with van der Waals surface area (Å²) in [5.41, 5.74) is 1.52. The van der Waals surface area contributed by atoms with Crippen LogP contribution >= 0.6 is 0 Å². The lowest BCUT2D eigenvalue weighted by atomic mass is 9.70. The molecule has 4 aliphatic rings.